The molecule has 1 aliphatic heterocycles. The van der Waals surface area contributed by atoms with Crippen molar-refractivity contribution >= 4 is 31.9 Å². The topological polar surface area (TPSA) is 12.0 Å². The first-order chi connectivity index (χ1) is 5.77. The third-order valence-corrected chi connectivity index (χ3v) is 3.34. The van der Waals surface area contributed by atoms with Crippen LogP contribution < -0.4 is 5.32 Å². The van der Waals surface area contributed by atoms with Crippen molar-refractivity contribution < 1.29 is 0 Å². The molecule has 1 heterocycles. The zero-order chi connectivity index (χ0) is 8.55. The quantitative estimate of drug-likeness (QED) is 0.837. The summed E-state index contributed by atoms with van der Waals surface area (Å²) >= 11 is 6.99. The van der Waals surface area contributed by atoms with E-state index in [9.17, 15) is 0 Å². The largest absolute Gasteiger partial charge is 0.310 e. The van der Waals surface area contributed by atoms with E-state index in [0.717, 1.165) is 11.0 Å². The zero-order valence-corrected chi connectivity index (χ0v) is 9.65. The molecule has 1 aliphatic rings. The molecule has 3 heteroatoms. The molecular weight excluding hydrogens is 282 g/mol. The van der Waals surface area contributed by atoms with Gasteiger partial charge in [0, 0.05) is 15.0 Å². The molecule has 0 amide bonds. The molecule has 0 unspecified atom stereocenters. The summed E-state index contributed by atoms with van der Waals surface area (Å²) in [4.78, 5) is 0. The van der Waals surface area contributed by atoms with E-state index in [1.54, 1.807) is 0 Å². The standard InChI is InChI=1S/C9H9Br2N/c10-6-1-2-7(8(11)5-6)9-3-4-12-9/h1-2,5,9,12H,3-4H2/t9-/m0/s1. The number of hydrogen-bond acceptors (Lipinski definition) is 1. The SMILES string of the molecule is Brc1ccc([C@@H]2CCN2)c(Br)c1. The van der Waals surface area contributed by atoms with Crippen LogP contribution in [0.3, 0.4) is 0 Å². The van der Waals surface area contributed by atoms with Gasteiger partial charge in [-0.1, -0.05) is 37.9 Å². The minimum atomic E-state index is 0.562. The number of hydrogen-bond donors (Lipinski definition) is 1. The second-order valence-corrected chi connectivity index (χ2v) is 4.73. The molecule has 1 aromatic carbocycles. The van der Waals surface area contributed by atoms with Gasteiger partial charge >= 0.3 is 0 Å². The molecule has 1 aromatic rings. The lowest BCUT2D eigenvalue weighted by atomic mass is 9.98. The van der Waals surface area contributed by atoms with E-state index in [0.29, 0.717) is 6.04 Å². The summed E-state index contributed by atoms with van der Waals surface area (Å²) in [6, 6.07) is 6.90. The van der Waals surface area contributed by atoms with Crippen LogP contribution in [-0.4, -0.2) is 6.54 Å². The summed E-state index contributed by atoms with van der Waals surface area (Å²) in [6.45, 7) is 1.15. The molecule has 0 bridgehead atoms. The van der Waals surface area contributed by atoms with Gasteiger partial charge in [0.15, 0.2) is 0 Å². The molecule has 1 atom stereocenters. The third-order valence-electron chi connectivity index (χ3n) is 2.16. The maximum Gasteiger partial charge on any atom is 0.0343 e. The Balaban J connectivity index is 2.31. The Bertz CT molecular complexity index is 295. The molecule has 0 saturated carbocycles. The van der Waals surface area contributed by atoms with Crippen molar-refractivity contribution in [3.63, 3.8) is 0 Å². The van der Waals surface area contributed by atoms with Gasteiger partial charge in [-0.2, -0.15) is 0 Å². The summed E-state index contributed by atoms with van der Waals surface area (Å²) < 4.78 is 2.31. The van der Waals surface area contributed by atoms with E-state index in [1.807, 2.05) is 0 Å². The average Bonchev–Trinajstić information content (AvgIpc) is 1.91. The Labute approximate surface area is 88.8 Å². The van der Waals surface area contributed by atoms with E-state index < -0.39 is 0 Å². The maximum atomic E-state index is 3.55. The molecule has 0 aromatic heterocycles. The molecule has 64 valence electrons. The lowest BCUT2D eigenvalue weighted by molar-refractivity contribution is 0.382. The van der Waals surface area contributed by atoms with Crippen LogP contribution in [-0.2, 0) is 0 Å². The fourth-order valence-electron chi connectivity index (χ4n) is 1.34. The lowest BCUT2D eigenvalue weighted by Gasteiger charge is -2.28. The van der Waals surface area contributed by atoms with Crippen molar-refractivity contribution in [1.29, 1.82) is 0 Å². The molecule has 0 aliphatic carbocycles. The maximum absolute atomic E-state index is 3.55. The van der Waals surface area contributed by atoms with Gasteiger partial charge in [0.25, 0.3) is 0 Å². The second-order valence-electron chi connectivity index (χ2n) is 2.96. The Hall–Kier alpha value is 0.140. The van der Waals surface area contributed by atoms with Crippen LogP contribution in [0.15, 0.2) is 27.1 Å². The highest BCUT2D eigenvalue weighted by Crippen LogP contribution is 2.31. The average molecular weight is 291 g/mol. The Morgan fingerprint density at radius 3 is 2.58 bits per heavy atom. The van der Waals surface area contributed by atoms with Crippen molar-refractivity contribution in [3.8, 4) is 0 Å². The molecule has 1 N–H and O–H groups in total. The number of benzene rings is 1. The minimum absolute atomic E-state index is 0.562. The van der Waals surface area contributed by atoms with E-state index in [4.69, 9.17) is 0 Å². The second kappa shape index (κ2) is 3.48. The van der Waals surface area contributed by atoms with Crippen LogP contribution in [0.4, 0.5) is 0 Å². The summed E-state index contributed by atoms with van der Waals surface area (Å²) in [5, 5.41) is 3.38. The number of nitrogens with one attached hydrogen (secondary N) is 1. The molecule has 0 radical (unpaired) electrons. The van der Waals surface area contributed by atoms with Crippen molar-refractivity contribution in [2.24, 2.45) is 0 Å². The van der Waals surface area contributed by atoms with Gasteiger partial charge in [0.05, 0.1) is 0 Å². The van der Waals surface area contributed by atoms with Gasteiger partial charge in [-0.3, -0.25) is 0 Å². The van der Waals surface area contributed by atoms with E-state index >= 15 is 0 Å². The van der Waals surface area contributed by atoms with Gasteiger partial charge in [0.1, 0.15) is 0 Å². The van der Waals surface area contributed by atoms with Crippen LogP contribution in [0, 0.1) is 0 Å². The Morgan fingerprint density at radius 1 is 1.33 bits per heavy atom. The molecule has 1 nitrogen and oxygen atoms in total. The van der Waals surface area contributed by atoms with E-state index in [2.05, 4.69) is 55.4 Å². The van der Waals surface area contributed by atoms with Crippen LogP contribution in [0.25, 0.3) is 0 Å². The third kappa shape index (κ3) is 1.58. The van der Waals surface area contributed by atoms with Gasteiger partial charge in [0.2, 0.25) is 0 Å². The summed E-state index contributed by atoms with van der Waals surface area (Å²) in [6.07, 6.45) is 1.25. The summed E-state index contributed by atoms with van der Waals surface area (Å²) in [5.41, 5.74) is 1.37. The fourth-order valence-corrected chi connectivity index (χ4v) is 2.66. The molecule has 0 spiro atoms. The molecule has 12 heavy (non-hydrogen) atoms. The minimum Gasteiger partial charge on any atom is -0.310 e. The monoisotopic (exact) mass is 289 g/mol. The van der Waals surface area contributed by atoms with E-state index in [1.165, 1.54) is 16.5 Å². The number of halogens is 2. The summed E-state index contributed by atoms with van der Waals surface area (Å²) in [5.74, 6) is 0. The van der Waals surface area contributed by atoms with Crippen LogP contribution in [0.1, 0.15) is 18.0 Å². The van der Waals surface area contributed by atoms with Gasteiger partial charge in [-0.25, -0.2) is 0 Å². The first-order valence-corrected chi connectivity index (χ1v) is 5.54. The zero-order valence-electron chi connectivity index (χ0n) is 6.48. The van der Waals surface area contributed by atoms with Gasteiger partial charge in [-0.05, 0) is 30.7 Å². The van der Waals surface area contributed by atoms with Crippen LogP contribution >= 0.6 is 31.9 Å². The highest BCUT2D eigenvalue weighted by Gasteiger charge is 2.20. The van der Waals surface area contributed by atoms with Crippen LogP contribution in [0.5, 0.6) is 0 Å². The number of rotatable bonds is 1. The van der Waals surface area contributed by atoms with Crippen molar-refractivity contribution in [2.45, 2.75) is 12.5 Å². The Morgan fingerprint density at radius 2 is 2.08 bits per heavy atom. The van der Waals surface area contributed by atoms with Crippen molar-refractivity contribution in [3.05, 3.63) is 32.7 Å². The van der Waals surface area contributed by atoms with Gasteiger partial charge in [-0.15, -0.1) is 0 Å². The van der Waals surface area contributed by atoms with Gasteiger partial charge < -0.3 is 5.32 Å². The smallest absolute Gasteiger partial charge is 0.0343 e. The van der Waals surface area contributed by atoms with Crippen molar-refractivity contribution in [2.75, 3.05) is 6.54 Å². The lowest BCUT2D eigenvalue weighted by Crippen LogP contribution is -2.35. The summed E-state index contributed by atoms with van der Waals surface area (Å²) in [7, 11) is 0. The predicted octanol–water partition coefficient (Wildman–Crippen LogP) is 3.25. The molecule has 2 rings (SSSR count). The fraction of sp³-hybridized carbons (Fsp3) is 0.333. The van der Waals surface area contributed by atoms with E-state index in [-0.39, 0.29) is 0 Å². The van der Waals surface area contributed by atoms with Crippen molar-refractivity contribution in [1.82, 2.24) is 5.32 Å². The Kier molecular flexibility index (Phi) is 2.53. The highest BCUT2D eigenvalue weighted by molar-refractivity contribution is 9.11. The highest BCUT2D eigenvalue weighted by atomic mass is 79.9. The first kappa shape index (κ1) is 8.73. The molecule has 1 fully saturated rings. The molecule has 1 saturated heterocycles. The first-order valence-electron chi connectivity index (χ1n) is 3.96. The van der Waals surface area contributed by atoms with Crippen LogP contribution in [0.2, 0.25) is 0 Å². The normalized spacial score (nSPS) is 22.0. The predicted molar refractivity (Wildman–Crippen MR) is 57.2 cm³/mol. The molecular formula is C9H9Br2N.